The molecule has 0 aromatic heterocycles. The summed E-state index contributed by atoms with van der Waals surface area (Å²) >= 11 is 0. The van der Waals surface area contributed by atoms with Gasteiger partial charge in [-0.2, -0.15) is 0 Å². The van der Waals surface area contributed by atoms with E-state index in [-0.39, 0.29) is 171 Å². The van der Waals surface area contributed by atoms with Crippen LogP contribution in [0.3, 0.4) is 0 Å². The molecule has 0 N–H and O–H groups in total. The second-order valence-corrected chi connectivity index (χ2v) is 8.61. The quantitative estimate of drug-likeness (QED) is 0.148. The number of hydrogen-bond acceptors (Lipinski definition) is 16. The van der Waals surface area contributed by atoms with Crippen LogP contribution in [0.2, 0.25) is 0 Å². The summed E-state index contributed by atoms with van der Waals surface area (Å²) in [7, 11) is 0. The SMILES string of the molecule is O=C([O-])c1ccc(C(=O)[O-])cc1.O=C([O-])c1ccc(C(=O)[O-])cc1.O=C([O-])c1ccc(C(=O)[O-])cc1.O=C([O-])c1ccc(C(=O)[O-])cc1.[Br-].[Br-].[Br-].[Br-].[Ru+4].[Ru+4].[Ru+4]. The maximum Gasteiger partial charge on any atom is 4.00 e. The van der Waals surface area contributed by atoms with Crippen LogP contribution in [0.25, 0.3) is 0 Å². The van der Waals surface area contributed by atoms with Gasteiger partial charge in [-0.25, -0.2) is 0 Å². The van der Waals surface area contributed by atoms with Crippen molar-refractivity contribution in [2.24, 2.45) is 0 Å². The maximum atomic E-state index is 10.2. The number of carbonyl (C=O) groups is 8. The number of carboxylic acid groups (broad SMARTS) is 8. The number of rotatable bonds is 8. The van der Waals surface area contributed by atoms with Gasteiger partial charge in [0.05, 0.1) is 47.8 Å². The van der Waals surface area contributed by atoms with Crippen molar-refractivity contribution in [2.75, 3.05) is 0 Å². The van der Waals surface area contributed by atoms with Gasteiger partial charge in [0.25, 0.3) is 0 Å². The summed E-state index contributed by atoms with van der Waals surface area (Å²) in [5.74, 6) is -10.7. The van der Waals surface area contributed by atoms with Gasteiger partial charge in [-0.3, -0.25) is 0 Å². The van der Waals surface area contributed by atoms with Gasteiger partial charge < -0.3 is 147 Å². The number of carbonyl (C=O) groups excluding carboxylic acids is 8. The Labute approximate surface area is 391 Å². The fourth-order valence-electron chi connectivity index (χ4n) is 2.97. The van der Waals surface area contributed by atoms with Crippen LogP contribution in [0.4, 0.5) is 0 Å². The molecule has 55 heavy (non-hydrogen) atoms. The van der Waals surface area contributed by atoms with E-state index in [0.717, 1.165) is 97.1 Å². The molecule has 16 nitrogen and oxygen atoms in total. The third kappa shape index (κ3) is 25.3. The van der Waals surface area contributed by atoms with Crippen LogP contribution < -0.4 is 109 Å². The van der Waals surface area contributed by atoms with E-state index in [9.17, 15) is 79.2 Å². The molecule has 0 spiro atoms. The summed E-state index contributed by atoms with van der Waals surface area (Å²) in [4.78, 5) is 81.7. The van der Waals surface area contributed by atoms with E-state index in [1.165, 1.54) is 0 Å². The van der Waals surface area contributed by atoms with E-state index in [1.54, 1.807) is 0 Å². The summed E-state index contributed by atoms with van der Waals surface area (Å²) in [5.41, 5.74) is -0.444. The molecular weight excluding hydrogens is 1260 g/mol. The molecule has 0 aliphatic carbocycles. The molecular formula is C32H16Br4O16Ru3. The number of hydrogen-bond donors (Lipinski definition) is 0. The average molecular weight is 1280 g/mol. The molecule has 0 aliphatic heterocycles. The van der Waals surface area contributed by atoms with Crippen LogP contribution in [-0.4, -0.2) is 47.8 Å². The van der Waals surface area contributed by atoms with E-state index in [2.05, 4.69) is 0 Å². The predicted octanol–water partition coefficient (Wildman–Crippen LogP) is -18.3. The van der Waals surface area contributed by atoms with Crippen molar-refractivity contribution in [1.82, 2.24) is 0 Å². The molecule has 0 heterocycles. The molecule has 4 aromatic rings. The minimum absolute atomic E-state index is 0. The molecule has 0 atom stereocenters. The van der Waals surface area contributed by atoms with E-state index < -0.39 is 47.8 Å². The first-order chi connectivity index (χ1) is 22.4. The van der Waals surface area contributed by atoms with E-state index >= 15 is 0 Å². The average Bonchev–Trinajstić information content (AvgIpc) is 3.05. The molecule has 4 rings (SSSR count). The minimum atomic E-state index is -1.33. The van der Waals surface area contributed by atoms with Gasteiger partial charge >= 0.3 is 58.4 Å². The molecule has 0 bridgehead atoms. The number of aromatic carboxylic acids is 8. The molecule has 0 radical (unpaired) electrons. The van der Waals surface area contributed by atoms with Crippen LogP contribution in [0.15, 0.2) is 97.1 Å². The Kier molecular flexibility index (Phi) is 40.6. The van der Waals surface area contributed by atoms with Crippen LogP contribution in [0.5, 0.6) is 0 Å². The zero-order valence-corrected chi connectivity index (χ0v) is 37.9. The maximum absolute atomic E-state index is 10.2. The molecule has 0 aliphatic rings. The minimum Gasteiger partial charge on any atom is -1.00 e. The molecule has 0 fully saturated rings. The Bertz CT molecular complexity index is 1420. The van der Waals surface area contributed by atoms with Crippen LogP contribution in [0.1, 0.15) is 82.9 Å². The second-order valence-electron chi connectivity index (χ2n) is 8.61. The van der Waals surface area contributed by atoms with Gasteiger partial charge in [0.2, 0.25) is 0 Å². The third-order valence-electron chi connectivity index (χ3n) is 5.43. The van der Waals surface area contributed by atoms with Gasteiger partial charge in [0, 0.05) is 0 Å². The van der Waals surface area contributed by atoms with Gasteiger partial charge in [0.15, 0.2) is 0 Å². The van der Waals surface area contributed by atoms with Crippen molar-refractivity contribution in [3.05, 3.63) is 142 Å². The molecule has 0 saturated carbocycles. The Balaban J connectivity index is -0.000000107. The standard InChI is InChI=1S/4C8H6O4.4BrH.3Ru/c4*9-7(10)5-1-2-6(4-3-5)8(11)12;;;;;;;/h4*1-4H,(H,9,10)(H,11,12);4*1H;;;/q;;;;;;;;3*+4/p-12. The molecule has 23 heteroatoms. The molecule has 0 saturated heterocycles. The normalized spacial score (nSPS) is 8.15. The van der Waals surface area contributed by atoms with Crippen molar-refractivity contribution < 1.29 is 206 Å². The molecule has 4 aromatic carbocycles. The zero-order chi connectivity index (χ0) is 36.6. The van der Waals surface area contributed by atoms with E-state index in [0.29, 0.717) is 0 Å². The Morgan fingerprint density at radius 3 is 0.309 bits per heavy atom. The first-order valence-corrected chi connectivity index (χ1v) is 12.6. The largest absolute Gasteiger partial charge is 4.00 e. The van der Waals surface area contributed by atoms with E-state index in [4.69, 9.17) is 0 Å². The first-order valence-electron chi connectivity index (χ1n) is 12.6. The summed E-state index contributed by atoms with van der Waals surface area (Å²) in [6.45, 7) is 0. The van der Waals surface area contributed by atoms with Crippen molar-refractivity contribution in [3.63, 3.8) is 0 Å². The third-order valence-corrected chi connectivity index (χ3v) is 5.43. The Morgan fingerprint density at radius 2 is 0.273 bits per heavy atom. The van der Waals surface area contributed by atoms with E-state index in [1.807, 2.05) is 0 Å². The summed E-state index contributed by atoms with van der Waals surface area (Å²) in [5, 5.41) is 81.7. The van der Waals surface area contributed by atoms with Gasteiger partial charge in [-0.05, 0) is 44.5 Å². The number of benzene rings is 4. The molecule has 0 amide bonds. The Hall–Kier alpha value is -3.57. The summed E-state index contributed by atoms with van der Waals surface area (Å²) < 4.78 is 0. The van der Waals surface area contributed by atoms with Gasteiger partial charge in [0.1, 0.15) is 0 Å². The fourth-order valence-corrected chi connectivity index (χ4v) is 2.97. The number of carboxylic acids is 8. The first kappa shape index (κ1) is 66.3. The smallest absolute Gasteiger partial charge is 1.00 e. The zero-order valence-electron chi connectivity index (χ0n) is 26.3. The fraction of sp³-hybridized carbons (Fsp3) is 0. The van der Waals surface area contributed by atoms with Crippen LogP contribution in [0, 0.1) is 0 Å². The predicted molar refractivity (Wildman–Crippen MR) is 140 cm³/mol. The molecule has 0 unspecified atom stereocenters. The monoisotopic (exact) mass is 1280 g/mol. The number of halogens is 4. The van der Waals surface area contributed by atoms with Crippen LogP contribution in [-0.2, 0) is 58.4 Å². The van der Waals surface area contributed by atoms with Gasteiger partial charge in [-0.15, -0.1) is 0 Å². The van der Waals surface area contributed by atoms with Gasteiger partial charge in [-0.1, -0.05) is 97.1 Å². The molecule has 292 valence electrons. The summed E-state index contributed by atoms with van der Waals surface area (Å²) in [6.07, 6.45) is 0. The summed E-state index contributed by atoms with van der Waals surface area (Å²) in [6, 6.07) is 18.5. The van der Waals surface area contributed by atoms with Crippen molar-refractivity contribution >= 4 is 47.8 Å². The van der Waals surface area contributed by atoms with Crippen LogP contribution >= 0.6 is 0 Å². The van der Waals surface area contributed by atoms with Crippen molar-refractivity contribution in [3.8, 4) is 0 Å². The topological polar surface area (TPSA) is 321 Å². The second kappa shape index (κ2) is 33.7. The Morgan fingerprint density at radius 1 is 0.218 bits per heavy atom. The van der Waals surface area contributed by atoms with Crippen molar-refractivity contribution in [2.45, 2.75) is 0 Å². The van der Waals surface area contributed by atoms with Crippen molar-refractivity contribution in [1.29, 1.82) is 0 Å².